The number of rotatable bonds is 3. The largest absolute Gasteiger partial charge is 0.353 e. The van der Waals surface area contributed by atoms with Crippen LogP contribution in [0.1, 0.15) is 12.1 Å². The van der Waals surface area contributed by atoms with Crippen LogP contribution in [0.2, 0.25) is 0 Å². The lowest BCUT2D eigenvalue weighted by Crippen LogP contribution is -2.28. The summed E-state index contributed by atoms with van der Waals surface area (Å²) in [5.74, 6) is 2.61. The highest BCUT2D eigenvalue weighted by Gasteiger charge is 2.14. The monoisotopic (exact) mass is 196 g/mol. The highest BCUT2D eigenvalue weighted by Crippen LogP contribution is 2.17. The van der Waals surface area contributed by atoms with Crippen molar-refractivity contribution >= 4 is 11.8 Å². The van der Waals surface area contributed by atoms with Crippen molar-refractivity contribution in [3.63, 3.8) is 0 Å². The first kappa shape index (κ1) is 9.16. The second-order valence-corrected chi connectivity index (χ2v) is 4.70. The van der Waals surface area contributed by atoms with Crippen molar-refractivity contribution in [3.8, 4) is 0 Å². The van der Waals surface area contributed by atoms with Gasteiger partial charge in [-0.2, -0.15) is 11.8 Å². The van der Waals surface area contributed by atoms with Gasteiger partial charge in [0.05, 0.1) is 0 Å². The molecule has 0 amide bonds. The number of hydrogen-bond acceptors (Lipinski definition) is 2. The van der Waals surface area contributed by atoms with Crippen LogP contribution in [0.15, 0.2) is 18.3 Å². The Balaban J connectivity index is 1.82. The van der Waals surface area contributed by atoms with E-state index in [1.165, 1.54) is 23.6 Å². The summed E-state index contributed by atoms with van der Waals surface area (Å²) in [6.45, 7) is 1.01. The molecule has 1 unspecified atom stereocenters. The second-order valence-electron chi connectivity index (χ2n) is 3.55. The van der Waals surface area contributed by atoms with E-state index in [4.69, 9.17) is 0 Å². The molecule has 2 heterocycles. The molecule has 0 spiro atoms. The number of nitrogens with one attached hydrogen (secondary N) is 1. The summed E-state index contributed by atoms with van der Waals surface area (Å²) < 4.78 is 2.18. The quantitative estimate of drug-likeness (QED) is 0.791. The fourth-order valence-corrected chi connectivity index (χ4v) is 2.81. The summed E-state index contributed by atoms with van der Waals surface area (Å²) in [5, 5.41) is 3.58. The zero-order valence-corrected chi connectivity index (χ0v) is 8.81. The highest BCUT2D eigenvalue weighted by molar-refractivity contribution is 7.99. The van der Waals surface area contributed by atoms with Gasteiger partial charge in [0.2, 0.25) is 0 Å². The van der Waals surface area contributed by atoms with Gasteiger partial charge in [-0.3, -0.25) is 0 Å². The molecule has 0 saturated carbocycles. The molecule has 0 radical (unpaired) electrons. The standard InChI is InChI=1S/C10H16N2S/c1-12-5-2-3-10(12)7-11-9-4-6-13-8-9/h2-3,5,9,11H,4,6-8H2,1H3. The van der Waals surface area contributed by atoms with E-state index in [-0.39, 0.29) is 0 Å². The SMILES string of the molecule is Cn1cccc1CNC1CCSC1. The second kappa shape index (κ2) is 4.20. The average Bonchev–Trinajstić information content (AvgIpc) is 2.72. The molecule has 3 heteroatoms. The van der Waals surface area contributed by atoms with Crippen molar-refractivity contribution in [2.45, 2.75) is 19.0 Å². The summed E-state index contributed by atoms with van der Waals surface area (Å²) >= 11 is 2.05. The molecule has 1 atom stereocenters. The average molecular weight is 196 g/mol. The van der Waals surface area contributed by atoms with E-state index in [9.17, 15) is 0 Å². The lowest BCUT2D eigenvalue weighted by molar-refractivity contribution is 0.544. The smallest absolute Gasteiger partial charge is 0.0361 e. The third-order valence-corrected chi connectivity index (χ3v) is 3.72. The summed E-state index contributed by atoms with van der Waals surface area (Å²) in [6, 6.07) is 5.01. The van der Waals surface area contributed by atoms with Gasteiger partial charge < -0.3 is 9.88 Å². The van der Waals surface area contributed by atoms with E-state index in [1.807, 2.05) is 0 Å². The predicted octanol–water partition coefficient (Wildman–Crippen LogP) is 1.62. The summed E-state index contributed by atoms with van der Waals surface area (Å²) in [6.07, 6.45) is 3.43. The topological polar surface area (TPSA) is 17.0 Å². The highest BCUT2D eigenvalue weighted by atomic mass is 32.2. The molecule has 1 aromatic heterocycles. The maximum absolute atomic E-state index is 3.58. The molecule has 1 aromatic rings. The Labute approximate surface area is 83.7 Å². The third-order valence-electron chi connectivity index (χ3n) is 2.55. The van der Waals surface area contributed by atoms with E-state index in [2.05, 4.69) is 47.0 Å². The molecule has 0 bridgehead atoms. The van der Waals surface area contributed by atoms with Crippen LogP contribution in [0.25, 0.3) is 0 Å². The molecule has 2 rings (SSSR count). The van der Waals surface area contributed by atoms with Crippen LogP contribution in [0.3, 0.4) is 0 Å². The van der Waals surface area contributed by atoms with Crippen molar-refractivity contribution < 1.29 is 0 Å². The predicted molar refractivity (Wildman–Crippen MR) is 58.0 cm³/mol. The molecule has 1 aliphatic rings. The zero-order chi connectivity index (χ0) is 9.10. The van der Waals surface area contributed by atoms with Gasteiger partial charge in [0, 0.05) is 37.3 Å². The van der Waals surface area contributed by atoms with E-state index >= 15 is 0 Å². The van der Waals surface area contributed by atoms with Gasteiger partial charge in [-0.15, -0.1) is 0 Å². The first-order valence-corrected chi connectivity index (χ1v) is 5.93. The molecule has 13 heavy (non-hydrogen) atoms. The number of nitrogens with zero attached hydrogens (tertiary/aromatic N) is 1. The van der Waals surface area contributed by atoms with Crippen LogP contribution in [-0.2, 0) is 13.6 Å². The van der Waals surface area contributed by atoms with Gasteiger partial charge in [-0.05, 0) is 24.3 Å². The van der Waals surface area contributed by atoms with Crippen molar-refractivity contribution in [3.05, 3.63) is 24.0 Å². The molecule has 1 N–H and O–H groups in total. The van der Waals surface area contributed by atoms with Gasteiger partial charge in [-0.25, -0.2) is 0 Å². The van der Waals surface area contributed by atoms with E-state index < -0.39 is 0 Å². The van der Waals surface area contributed by atoms with E-state index in [1.54, 1.807) is 0 Å². The normalized spacial score (nSPS) is 22.4. The van der Waals surface area contributed by atoms with Gasteiger partial charge in [0.1, 0.15) is 0 Å². The maximum atomic E-state index is 3.58. The first-order valence-electron chi connectivity index (χ1n) is 4.77. The molecular formula is C10H16N2S. The Morgan fingerprint density at radius 2 is 2.62 bits per heavy atom. The molecule has 72 valence electrons. The number of aryl methyl sites for hydroxylation is 1. The van der Waals surface area contributed by atoms with Crippen LogP contribution in [0.5, 0.6) is 0 Å². The molecular weight excluding hydrogens is 180 g/mol. The first-order chi connectivity index (χ1) is 6.36. The summed E-state index contributed by atoms with van der Waals surface area (Å²) in [7, 11) is 2.10. The van der Waals surface area contributed by atoms with Gasteiger partial charge in [-0.1, -0.05) is 0 Å². The summed E-state index contributed by atoms with van der Waals surface area (Å²) in [4.78, 5) is 0. The van der Waals surface area contributed by atoms with E-state index in [0.717, 1.165) is 12.6 Å². The maximum Gasteiger partial charge on any atom is 0.0361 e. The molecule has 1 saturated heterocycles. The lowest BCUT2D eigenvalue weighted by atomic mass is 10.2. The summed E-state index contributed by atoms with van der Waals surface area (Å²) in [5.41, 5.74) is 1.37. The lowest BCUT2D eigenvalue weighted by Gasteiger charge is -2.11. The minimum absolute atomic E-state index is 0.736. The minimum atomic E-state index is 0.736. The molecule has 0 aliphatic carbocycles. The van der Waals surface area contributed by atoms with Crippen molar-refractivity contribution in [2.75, 3.05) is 11.5 Å². The molecule has 1 aliphatic heterocycles. The Bertz CT molecular complexity index is 264. The Morgan fingerprint density at radius 1 is 1.69 bits per heavy atom. The molecule has 2 nitrogen and oxygen atoms in total. The van der Waals surface area contributed by atoms with Gasteiger partial charge in [0.25, 0.3) is 0 Å². The zero-order valence-electron chi connectivity index (χ0n) is 7.99. The fraction of sp³-hybridized carbons (Fsp3) is 0.600. The van der Waals surface area contributed by atoms with Crippen molar-refractivity contribution in [2.24, 2.45) is 7.05 Å². The Morgan fingerprint density at radius 3 is 3.23 bits per heavy atom. The van der Waals surface area contributed by atoms with Crippen molar-refractivity contribution in [1.82, 2.24) is 9.88 Å². The van der Waals surface area contributed by atoms with Crippen LogP contribution in [0, 0.1) is 0 Å². The number of aromatic nitrogens is 1. The molecule has 1 fully saturated rings. The number of hydrogen-bond donors (Lipinski definition) is 1. The van der Waals surface area contributed by atoms with Crippen molar-refractivity contribution in [1.29, 1.82) is 0 Å². The van der Waals surface area contributed by atoms with Crippen LogP contribution in [0.4, 0.5) is 0 Å². The van der Waals surface area contributed by atoms with Crippen LogP contribution in [-0.4, -0.2) is 22.1 Å². The fourth-order valence-electron chi connectivity index (χ4n) is 1.62. The molecule has 0 aromatic carbocycles. The minimum Gasteiger partial charge on any atom is -0.353 e. The van der Waals surface area contributed by atoms with Gasteiger partial charge in [0.15, 0.2) is 0 Å². The van der Waals surface area contributed by atoms with Crippen LogP contribution >= 0.6 is 11.8 Å². The Hall–Kier alpha value is -0.410. The number of thioether (sulfide) groups is 1. The van der Waals surface area contributed by atoms with Gasteiger partial charge >= 0.3 is 0 Å². The van der Waals surface area contributed by atoms with E-state index in [0.29, 0.717) is 0 Å². The Kier molecular flexibility index (Phi) is 2.96. The van der Waals surface area contributed by atoms with Crippen LogP contribution < -0.4 is 5.32 Å². The third kappa shape index (κ3) is 2.29.